The molecule has 5 heteroatoms. The summed E-state index contributed by atoms with van der Waals surface area (Å²) in [5, 5.41) is 9.14. The third-order valence-corrected chi connectivity index (χ3v) is 4.15. The second-order valence-corrected chi connectivity index (χ2v) is 6.22. The smallest absolute Gasteiger partial charge is 0.123 e. The van der Waals surface area contributed by atoms with Crippen LogP contribution in [-0.2, 0) is 0 Å². The lowest BCUT2D eigenvalue weighted by Gasteiger charge is -2.36. The van der Waals surface area contributed by atoms with Gasteiger partial charge < -0.3 is 15.7 Å². The van der Waals surface area contributed by atoms with Gasteiger partial charge in [-0.15, -0.1) is 0 Å². The van der Waals surface area contributed by atoms with Gasteiger partial charge in [0.2, 0.25) is 0 Å². The molecule has 1 aliphatic rings. The Morgan fingerprint density at radius 1 is 1.19 bits per heavy atom. The summed E-state index contributed by atoms with van der Waals surface area (Å²) in [5.41, 5.74) is 6.56. The van der Waals surface area contributed by atoms with Gasteiger partial charge >= 0.3 is 0 Å². The molecule has 0 amide bonds. The first kappa shape index (κ1) is 16.2. The molecule has 1 fully saturated rings. The van der Waals surface area contributed by atoms with E-state index < -0.39 is 5.54 Å². The van der Waals surface area contributed by atoms with Crippen molar-refractivity contribution < 1.29 is 9.50 Å². The molecule has 1 aromatic carbocycles. The van der Waals surface area contributed by atoms with Crippen molar-refractivity contribution in [2.75, 3.05) is 44.2 Å². The predicted molar refractivity (Wildman–Crippen MR) is 84.0 cm³/mol. The highest BCUT2D eigenvalue weighted by atomic mass is 19.1. The second-order valence-electron chi connectivity index (χ2n) is 6.22. The predicted octanol–water partition coefficient (Wildman–Crippen LogP) is 1.44. The maximum absolute atomic E-state index is 12.9. The first-order valence-corrected chi connectivity index (χ1v) is 7.63. The molecule has 1 heterocycles. The third-order valence-electron chi connectivity index (χ3n) is 4.15. The summed E-state index contributed by atoms with van der Waals surface area (Å²) in [4.78, 5) is 4.71. The molecule has 0 spiro atoms. The van der Waals surface area contributed by atoms with Crippen LogP contribution in [0.1, 0.15) is 19.8 Å². The van der Waals surface area contributed by atoms with E-state index in [1.54, 1.807) is 0 Å². The Balaban J connectivity index is 1.72. The fourth-order valence-electron chi connectivity index (χ4n) is 2.67. The lowest BCUT2D eigenvalue weighted by Crippen LogP contribution is -2.47. The minimum atomic E-state index is -0.462. The van der Waals surface area contributed by atoms with Gasteiger partial charge in [-0.1, -0.05) is 0 Å². The van der Waals surface area contributed by atoms with Gasteiger partial charge in [-0.2, -0.15) is 0 Å². The normalized spacial score (nSPS) is 19.5. The number of nitrogens with two attached hydrogens (primary N) is 1. The van der Waals surface area contributed by atoms with Crippen molar-refractivity contribution in [3.63, 3.8) is 0 Å². The molecular weight excluding hydrogens is 269 g/mol. The standard InChI is InChI=1S/C16H26FN3O/c1-16(18,13-21)7-2-8-19-9-11-20(12-10-19)15-5-3-14(17)4-6-15/h3-6,21H,2,7-13,18H2,1H3. The average molecular weight is 295 g/mol. The zero-order valence-corrected chi connectivity index (χ0v) is 12.8. The van der Waals surface area contributed by atoms with Gasteiger partial charge in [0.05, 0.1) is 6.61 Å². The molecule has 21 heavy (non-hydrogen) atoms. The second kappa shape index (κ2) is 7.20. The minimum absolute atomic E-state index is 0.0331. The Hall–Kier alpha value is -1.17. The Morgan fingerprint density at radius 3 is 2.38 bits per heavy atom. The van der Waals surface area contributed by atoms with E-state index in [2.05, 4.69) is 9.80 Å². The van der Waals surface area contributed by atoms with Crippen molar-refractivity contribution in [1.82, 2.24) is 4.90 Å². The number of nitrogens with zero attached hydrogens (tertiary/aromatic N) is 2. The van der Waals surface area contributed by atoms with Gasteiger partial charge in [0, 0.05) is 37.4 Å². The summed E-state index contributed by atoms with van der Waals surface area (Å²) >= 11 is 0. The number of aliphatic hydroxyl groups excluding tert-OH is 1. The van der Waals surface area contributed by atoms with Crippen LogP contribution in [0.15, 0.2) is 24.3 Å². The number of halogens is 1. The molecule has 0 bridgehead atoms. The van der Waals surface area contributed by atoms with E-state index in [9.17, 15) is 4.39 Å². The quantitative estimate of drug-likeness (QED) is 0.834. The zero-order valence-electron chi connectivity index (χ0n) is 12.8. The van der Waals surface area contributed by atoms with Gasteiger partial charge in [0.1, 0.15) is 5.82 Å². The van der Waals surface area contributed by atoms with Crippen molar-refractivity contribution in [3.05, 3.63) is 30.1 Å². The topological polar surface area (TPSA) is 52.7 Å². The number of hydrogen-bond donors (Lipinski definition) is 2. The van der Waals surface area contributed by atoms with E-state index in [-0.39, 0.29) is 12.4 Å². The minimum Gasteiger partial charge on any atom is -0.394 e. The van der Waals surface area contributed by atoms with E-state index in [4.69, 9.17) is 10.8 Å². The lowest BCUT2D eigenvalue weighted by atomic mass is 9.98. The molecule has 1 atom stereocenters. The van der Waals surface area contributed by atoms with E-state index in [1.807, 2.05) is 19.1 Å². The number of hydrogen-bond acceptors (Lipinski definition) is 4. The zero-order chi connectivity index (χ0) is 15.3. The Bertz CT molecular complexity index is 428. The summed E-state index contributed by atoms with van der Waals surface area (Å²) in [6, 6.07) is 6.70. The molecule has 0 radical (unpaired) electrons. The van der Waals surface area contributed by atoms with Crippen LogP contribution in [0.25, 0.3) is 0 Å². The molecule has 2 rings (SSSR count). The SMILES string of the molecule is CC(N)(CO)CCCN1CCN(c2ccc(F)cc2)CC1. The summed E-state index contributed by atoms with van der Waals surface area (Å²) in [6.07, 6.45) is 1.84. The van der Waals surface area contributed by atoms with Gasteiger partial charge in [0.25, 0.3) is 0 Å². The first-order chi connectivity index (χ1) is 10.00. The summed E-state index contributed by atoms with van der Waals surface area (Å²) in [7, 11) is 0. The van der Waals surface area contributed by atoms with Crippen molar-refractivity contribution in [3.8, 4) is 0 Å². The lowest BCUT2D eigenvalue weighted by molar-refractivity contribution is 0.186. The number of rotatable bonds is 6. The summed E-state index contributed by atoms with van der Waals surface area (Å²) in [5.74, 6) is -0.189. The van der Waals surface area contributed by atoms with Crippen molar-refractivity contribution >= 4 is 5.69 Å². The molecule has 0 aliphatic carbocycles. The van der Waals surface area contributed by atoms with Crippen LogP contribution in [0, 0.1) is 5.82 Å². The van der Waals surface area contributed by atoms with Crippen LogP contribution in [0.2, 0.25) is 0 Å². The van der Waals surface area contributed by atoms with Crippen LogP contribution in [-0.4, -0.2) is 54.9 Å². The highest BCUT2D eigenvalue weighted by Crippen LogP contribution is 2.17. The molecule has 1 aliphatic heterocycles. The first-order valence-electron chi connectivity index (χ1n) is 7.63. The van der Waals surface area contributed by atoms with E-state index in [0.717, 1.165) is 51.3 Å². The van der Waals surface area contributed by atoms with Gasteiger partial charge in [-0.05, 0) is 50.6 Å². The molecule has 1 saturated heterocycles. The molecule has 0 aromatic heterocycles. The fourth-order valence-corrected chi connectivity index (χ4v) is 2.67. The maximum atomic E-state index is 12.9. The van der Waals surface area contributed by atoms with Crippen molar-refractivity contribution in [1.29, 1.82) is 0 Å². The van der Waals surface area contributed by atoms with E-state index in [0.29, 0.717) is 0 Å². The van der Waals surface area contributed by atoms with E-state index in [1.165, 1.54) is 12.1 Å². The molecule has 4 nitrogen and oxygen atoms in total. The van der Waals surface area contributed by atoms with Crippen LogP contribution in [0.5, 0.6) is 0 Å². The molecule has 118 valence electrons. The number of piperazine rings is 1. The number of aliphatic hydroxyl groups is 1. The molecule has 3 N–H and O–H groups in total. The Morgan fingerprint density at radius 2 is 1.81 bits per heavy atom. The summed E-state index contributed by atoms with van der Waals surface area (Å²) < 4.78 is 12.9. The average Bonchev–Trinajstić information content (AvgIpc) is 2.49. The maximum Gasteiger partial charge on any atom is 0.123 e. The van der Waals surface area contributed by atoms with Gasteiger partial charge in [-0.3, -0.25) is 4.90 Å². The highest BCUT2D eigenvalue weighted by molar-refractivity contribution is 5.46. The van der Waals surface area contributed by atoms with Crippen molar-refractivity contribution in [2.24, 2.45) is 5.73 Å². The molecule has 1 aromatic rings. The molecule has 1 unspecified atom stereocenters. The van der Waals surface area contributed by atoms with Crippen LogP contribution < -0.4 is 10.6 Å². The van der Waals surface area contributed by atoms with Gasteiger partial charge in [-0.25, -0.2) is 4.39 Å². The Kier molecular flexibility index (Phi) is 5.56. The van der Waals surface area contributed by atoms with Crippen LogP contribution >= 0.6 is 0 Å². The monoisotopic (exact) mass is 295 g/mol. The molecular formula is C16H26FN3O. The molecule has 0 saturated carbocycles. The highest BCUT2D eigenvalue weighted by Gasteiger charge is 2.19. The van der Waals surface area contributed by atoms with Gasteiger partial charge in [0.15, 0.2) is 0 Å². The van der Waals surface area contributed by atoms with Crippen molar-refractivity contribution in [2.45, 2.75) is 25.3 Å². The van der Waals surface area contributed by atoms with E-state index >= 15 is 0 Å². The Labute approximate surface area is 126 Å². The largest absolute Gasteiger partial charge is 0.394 e. The number of benzene rings is 1. The number of anilines is 1. The van der Waals surface area contributed by atoms with Crippen LogP contribution in [0.3, 0.4) is 0 Å². The summed E-state index contributed by atoms with van der Waals surface area (Å²) in [6.45, 7) is 6.89. The van der Waals surface area contributed by atoms with Crippen LogP contribution in [0.4, 0.5) is 10.1 Å². The fraction of sp³-hybridized carbons (Fsp3) is 0.625. The third kappa shape index (κ3) is 4.95.